The molecule has 0 bridgehead atoms. The van der Waals surface area contributed by atoms with Crippen molar-refractivity contribution in [1.29, 1.82) is 0 Å². The van der Waals surface area contributed by atoms with Crippen molar-refractivity contribution in [1.82, 2.24) is 9.58 Å². The van der Waals surface area contributed by atoms with Crippen molar-refractivity contribution in [2.45, 2.75) is 48.5 Å². The number of aromatic nitrogens is 1. The maximum absolute atomic E-state index is 15.4. The fraction of sp³-hybridized carbons (Fsp3) is 0.357. The molecule has 3 aliphatic heterocycles. The van der Waals surface area contributed by atoms with Crippen molar-refractivity contribution in [2.75, 3.05) is 24.8 Å². The molecule has 4 aliphatic rings. The van der Waals surface area contributed by atoms with Crippen LogP contribution in [0.5, 0.6) is 5.75 Å². The number of ether oxygens (including phenoxy) is 1. The lowest BCUT2D eigenvalue weighted by molar-refractivity contribution is -0.0197. The van der Waals surface area contributed by atoms with Gasteiger partial charge in [0.05, 0.1) is 19.3 Å². The Bertz CT molecular complexity index is 1560. The minimum atomic E-state index is -0.911. The predicted molar refractivity (Wildman–Crippen MR) is 137 cm³/mol. The molecule has 3 aromatic rings. The number of carbonyl (C=O) groups excluding carboxylic acids is 1. The number of aryl methyl sites for hydroxylation is 2. The molecule has 1 N–H and O–H groups in total. The van der Waals surface area contributed by atoms with Gasteiger partial charge in [0.1, 0.15) is 6.17 Å². The third-order valence-electron chi connectivity index (χ3n) is 8.11. The molecule has 1 saturated heterocycles. The summed E-state index contributed by atoms with van der Waals surface area (Å²) < 4.78 is 37.2. The molecule has 1 aliphatic carbocycles. The quantitative estimate of drug-likeness (QED) is 0.508. The van der Waals surface area contributed by atoms with Crippen molar-refractivity contribution in [3.05, 3.63) is 91.9 Å². The van der Waals surface area contributed by atoms with Gasteiger partial charge in [-0.25, -0.2) is 8.78 Å². The van der Waals surface area contributed by atoms with Gasteiger partial charge in [-0.05, 0) is 60.1 Å². The number of carbonyl (C=O) groups is 1. The maximum atomic E-state index is 15.4. The lowest BCUT2D eigenvalue weighted by atomic mass is 9.86. The number of halogens is 2. The van der Waals surface area contributed by atoms with Gasteiger partial charge in [-0.2, -0.15) is 0 Å². The SMILES string of the molecule is O=C1c2c(O)c(=O)ccn2N(C2c3cc4c(cc3SCc3c2ccc(F)c3F)CCCC4)C2COCCN12. The summed E-state index contributed by atoms with van der Waals surface area (Å²) in [4.78, 5) is 28.5. The first kappa shape index (κ1) is 23.7. The Balaban J connectivity index is 1.54. The van der Waals surface area contributed by atoms with Crippen LogP contribution in [0.1, 0.15) is 57.2 Å². The molecule has 10 heteroatoms. The maximum Gasteiger partial charge on any atom is 0.278 e. The number of benzene rings is 2. The molecule has 2 aromatic carbocycles. The van der Waals surface area contributed by atoms with Crippen LogP contribution in [0.15, 0.2) is 46.2 Å². The number of nitrogens with zero attached hydrogens (tertiary/aromatic N) is 3. The van der Waals surface area contributed by atoms with Crippen molar-refractivity contribution in [3.8, 4) is 5.75 Å². The molecule has 0 radical (unpaired) electrons. The first-order valence-electron chi connectivity index (χ1n) is 12.8. The van der Waals surface area contributed by atoms with E-state index in [1.165, 1.54) is 39.8 Å². The zero-order valence-electron chi connectivity index (χ0n) is 20.5. The van der Waals surface area contributed by atoms with Gasteiger partial charge in [-0.3, -0.25) is 19.3 Å². The van der Waals surface area contributed by atoms with Crippen LogP contribution in [-0.4, -0.2) is 46.5 Å². The average molecular weight is 538 g/mol. The van der Waals surface area contributed by atoms with Crippen molar-refractivity contribution < 1.29 is 23.4 Å². The Morgan fingerprint density at radius 1 is 1.03 bits per heavy atom. The number of hydrogen-bond donors (Lipinski definition) is 1. The zero-order valence-corrected chi connectivity index (χ0v) is 21.3. The molecular formula is C28H25F2N3O4S. The van der Waals surface area contributed by atoms with Gasteiger partial charge in [-0.15, -0.1) is 11.8 Å². The van der Waals surface area contributed by atoms with E-state index < -0.39 is 40.9 Å². The first-order chi connectivity index (χ1) is 18.4. The second-order valence-corrected chi connectivity index (χ2v) is 11.2. The van der Waals surface area contributed by atoms with Crippen LogP contribution in [0.2, 0.25) is 0 Å². The minimum absolute atomic E-state index is 0.142. The average Bonchev–Trinajstić information content (AvgIpc) is 3.08. The van der Waals surface area contributed by atoms with Crippen LogP contribution in [0, 0.1) is 11.6 Å². The van der Waals surface area contributed by atoms with Crippen LogP contribution < -0.4 is 10.4 Å². The summed E-state index contributed by atoms with van der Waals surface area (Å²) in [5, 5.41) is 12.6. The molecular weight excluding hydrogens is 512 g/mol. The molecule has 7 rings (SSSR count). The van der Waals surface area contributed by atoms with Gasteiger partial charge < -0.3 is 14.7 Å². The molecule has 1 fully saturated rings. The van der Waals surface area contributed by atoms with Gasteiger partial charge in [0.15, 0.2) is 23.1 Å². The van der Waals surface area contributed by atoms with Crippen LogP contribution in [0.25, 0.3) is 0 Å². The lowest BCUT2D eigenvalue weighted by Crippen LogP contribution is -2.66. The zero-order chi connectivity index (χ0) is 26.1. The Labute approximate surface area is 221 Å². The number of fused-ring (bicyclic) bond motifs is 5. The van der Waals surface area contributed by atoms with E-state index in [1.54, 1.807) is 11.0 Å². The molecule has 0 saturated carbocycles. The molecule has 38 heavy (non-hydrogen) atoms. The number of thioether (sulfide) groups is 1. The number of rotatable bonds is 1. The first-order valence-corrected chi connectivity index (χ1v) is 13.8. The molecule has 4 heterocycles. The van der Waals surface area contributed by atoms with Gasteiger partial charge in [0.25, 0.3) is 5.91 Å². The van der Waals surface area contributed by atoms with E-state index >= 15 is 4.39 Å². The lowest BCUT2D eigenvalue weighted by Gasteiger charge is -2.51. The third-order valence-corrected chi connectivity index (χ3v) is 9.20. The standard InChI is InChI=1S/C28H25F2N3O4S/c29-20-6-5-17-19(24(20)30)14-38-22-12-16-4-2-1-3-15(16)11-18(22)25(17)33-23-13-37-10-9-31(23)28(36)26-27(35)21(34)7-8-32(26)33/h5-8,11-12,23,25,35H,1-4,9-10,13-14H2. The Morgan fingerprint density at radius 3 is 2.63 bits per heavy atom. The number of amides is 1. The summed E-state index contributed by atoms with van der Waals surface area (Å²) in [5.41, 5.74) is 3.48. The highest BCUT2D eigenvalue weighted by Crippen LogP contribution is 2.46. The van der Waals surface area contributed by atoms with Crippen molar-refractivity contribution in [2.24, 2.45) is 0 Å². The highest BCUT2D eigenvalue weighted by Gasteiger charge is 2.46. The van der Waals surface area contributed by atoms with Crippen LogP contribution in [-0.2, 0) is 23.3 Å². The molecule has 2 atom stereocenters. The Morgan fingerprint density at radius 2 is 1.82 bits per heavy atom. The molecule has 7 nitrogen and oxygen atoms in total. The van der Waals surface area contributed by atoms with Crippen LogP contribution in [0.3, 0.4) is 0 Å². The van der Waals surface area contributed by atoms with Crippen molar-refractivity contribution in [3.63, 3.8) is 0 Å². The highest BCUT2D eigenvalue weighted by molar-refractivity contribution is 7.98. The normalized spacial score (nSPS) is 22.1. The largest absolute Gasteiger partial charge is 0.502 e. The minimum Gasteiger partial charge on any atom is -0.502 e. The number of hydrogen-bond acceptors (Lipinski definition) is 6. The fourth-order valence-corrected chi connectivity index (χ4v) is 7.42. The van der Waals surface area contributed by atoms with E-state index in [2.05, 4.69) is 12.1 Å². The number of aromatic hydroxyl groups is 1. The monoisotopic (exact) mass is 537 g/mol. The van der Waals surface area contributed by atoms with E-state index in [0.717, 1.165) is 42.2 Å². The molecule has 1 aromatic heterocycles. The van der Waals surface area contributed by atoms with E-state index in [4.69, 9.17) is 4.74 Å². The predicted octanol–water partition coefficient (Wildman–Crippen LogP) is 3.86. The second kappa shape index (κ2) is 8.84. The number of morpholine rings is 1. The van der Waals surface area contributed by atoms with E-state index in [0.29, 0.717) is 12.2 Å². The fourth-order valence-electron chi connectivity index (χ4n) is 6.27. The summed E-state index contributed by atoms with van der Waals surface area (Å²) in [6, 6.07) is 7.67. The second-order valence-electron chi connectivity index (χ2n) is 10.1. The summed E-state index contributed by atoms with van der Waals surface area (Å²) in [6.07, 6.45) is 4.98. The van der Waals surface area contributed by atoms with E-state index in [-0.39, 0.29) is 30.2 Å². The summed E-state index contributed by atoms with van der Waals surface area (Å²) in [7, 11) is 0. The Hall–Kier alpha value is -3.37. The van der Waals surface area contributed by atoms with Gasteiger partial charge in [-0.1, -0.05) is 12.1 Å². The van der Waals surface area contributed by atoms with E-state index in [1.807, 2.05) is 5.01 Å². The van der Waals surface area contributed by atoms with Crippen LogP contribution >= 0.6 is 11.8 Å². The number of pyridine rings is 1. The Kier molecular flexibility index (Phi) is 5.52. The topological polar surface area (TPSA) is 75.0 Å². The molecule has 1 amide bonds. The summed E-state index contributed by atoms with van der Waals surface area (Å²) >= 11 is 1.48. The van der Waals surface area contributed by atoms with Gasteiger partial charge >= 0.3 is 0 Å². The van der Waals surface area contributed by atoms with Crippen molar-refractivity contribution >= 4 is 17.7 Å². The molecule has 2 unspecified atom stereocenters. The smallest absolute Gasteiger partial charge is 0.278 e. The third kappa shape index (κ3) is 3.42. The van der Waals surface area contributed by atoms with Gasteiger partial charge in [0.2, 0.25) is 5.43 Å². The summed E-state index contributed by atoms with van der Waals surface area (Å²) in [6.45, 7) is 0.765. The molecule has 196 valence electrons. The van der Waals surface area contributed by atoms with Crippen LogP contribution in [0.4, 0.5) is 8.78 Å². The summed E-state index contributed by atoms with van der Waals surface area (Å²) in [5.74, 6) is -2.64. The van der Waals surface area contributed by atoms with Gasteiger partial charge in [0, 0.05) is 35.0 Å². The highest BCUT2D eigenvalue weighted by atomic mass is 32.2. The van der Waals surface area contributed by atoms with E-state index in [9.17, 15) is 19.1 Å². The molecule has 0 spiro atoms.